The summed E-state index contributed by atoms with van der Waals surface area (Å²) in [6, 6.07) is 5.06. The van der Waals surface area contributed by atoms with Crippen LogP contribution in [0.4, 0.5) is 0 Å². The number of aliphatic hydroxyl groups excluding tert-OH is 1. The van der Waals surface area contributed by atoms with Crippen molar-refractivity contribution >= 4 is 22.6 Å². The van der Waals surface area contributed by atoms with E-state index >= 15 is 0 Å². The van der Waals surface area contributed by atoms with E-state index in [1.54, 1.807) is 12.3 Å². The molecule has 2 unspecified atom stereocenters. The molecule has 0 bridgehead atoms. The second-order valence-electron chi connectivity index (χ2n) is 3.85. The lowest BCUT2D eigenvalue weighted by molar-refractivity contribution is 0.144. The van der Waals surface area contributed by atoms with Crippen molar-refractivity contribution in [3.8, 4) is 0 Å². The monoisotopic (exact) mass is 239 g/mol. The van der Waals surface area contributed by atoms with Crippen LogP contribution in [0.5, 0.6) is 0 Å². The van der Waals surface area contributed by atoms with Crippen molar-refractivity contribution in [1.82, 2.24) is 0 Å². The molecule has 2 rings (SSSR count). The van der Waals surface area contributed by atoms with E-state index < -0.39 is 6.10 Å². The third kappa shape index (κ3) is 1.94. The van der Waals surface area contributed by atoms with Crippen LogP contribution in [0.2, 0.25) is 5.02 Å². The van der Waals surface area contributed by atoms with Gasteiger partial charge in [-0.2, -0.15) is 0 Å². The SMILES string of the molecule is CCC(N)C(O)c1cc2ccoc2cc1Cl. The Morgan fingerprint density at radius 3 is 2.94 bits per heavy atom. The molecule has 0 saturated heterocycles. The fourth-order valence-electron chi connectivity index (χ4n) is 1.68. The normalized spacial score (nSPS) is 15.2. The Bertz CT molecular complexity index is 495. The van der Waals surface area contributed by atoms with Gasteiger partial charge < -0.3 is 15.3 Å². The van der Waals surface area contributed by atoms with Gasteiger partial charge in [-0.1, -0.05) is 18.5 Å². The largest absolute Gasteiger partial charge is 0.464 e. The highest BCUT2D eigenvalue weighted by Gasteiger charge is 2.19. The Morgan fingerprint density at radius 1 is 1.50 bits per heavy atom. The third-order valence-corrected chi connectivity index (χ3v) is 3.09. The van der Waals surface area contributed by atoms with E-state index in [9.17, 15) is 5.11 Å². The van der Waals surface area contributed by atoms with Gasteiger partial charge in [0.2, 0.25) is 0 Å². The second-order valence-corrected chi connectivity index (χ2v) is 4.26. The molecule has 3 N–H and O–H groups in total. The molecule has 0 amide bonds. The summed E-state index contributed by atoms with van der Waals surface area (Å²) < 4.78 is 5.22. The highest BCUT2D eigenvalue weighted by atomic mass is 35.5. The molecular formula is C12H14ClNO2. The van der Waals surface area contributed by atoms with E-state index in [0.29, 0.717) is 22.6 Å². The molecule has 0 fully saturated rings. The van der Waals surface area contributed by atoms with Gasteiger partial charge in [-0.15, -0.1) is 0 Å². The van der Waals surface area contributed by atoms with Crippen LogP contribution in [0.15, 0.2) is 28.9 Å². The molecule has 2 atom stereocenters. The number of benzene rings is 1. The molecular weight excluding hydrogens is 226 g/mol. The summed E-state index contributed by atoms with van der Waals surface area (Å²) in [5.74, 6) is 0. The van der Waals surface area contributed by atoms with Crippen LogP contribution in [-0.2, 0) is 0 Å². The minimum atomic E-state index is -0.739. The Hall–Kier alpha value is -1.03. The Morgan fingerprint density at radius 2 is 2.25 bits per heavy atom. The predicted molar refractivity (Wildman–Crippen MR) is 64.5 cm³/mol. The van der Waals surface area contributed by atoms with Gasteiger partial charge in [0.05, 0.1) is 17.4 Å². The van der Waals surface area contributed by atoms with Crippen molar-refractivity contribution in [3.05, 3.63) is 35.0 Å². The molecule has 0 aliphatic heterocycles. The number of halogens is 1. The van der Waals surface area contributed by atoms with Crippen LogP contribution >= 0.6 is 11.6 Å². The van der Waals surface area contributed by atoms with Gasteiger partial charge in [0.15, 0.2) is 0 Å². The van der Waals surface area contributed by atoms with Crippen LogP contribution in [0.25, 0.3) is 11.0 Å². The fourth-order valence-corrected chi connectivity index (χ4v) is 1.95. The van der Waals surface area contributed by atoms with E-state index in [1.165, 1.54) is 0 Å². The zero-order chi connectivity index (χ0) is 11.7. The smallest absolute Gasteiger partial charge is 0.135 e. The van der Waals surface area contributed by atoms with Crippen LogP contribution in [-0.4, -0.2) is 11.1 Å². The quantitative estimate of drug-likeness (QED) is 0.866. The number of fused-ring (bicyclic) bond motifs is 1. The number of nitrogens with two attached hydrogens (primary N) is 1. The van der Waals surface area contributed by atoms with Gasteiger partial charge in [-0.3, -0.25) is 0 Å². The highest BCUT2D eigenvalue weighted by molar-refractivity contribution is 6.32. The van der Waals surface area contributed by atoms with Crippen molar-refractivity contribution in [2.45, 2.75) is 25.5 Å². The van der Waals surface area contributed by atoms with Gasteiger partial charge >= 0.3 is 0 Å². The first-order chi connectivity index (χ1) is 7.63. The van der Waals surface area contributed by atoms with E-state index in [-0.39, 0.29) is 6.04 Å². The molecule has 0 radical (unpaired) electrons. The topological polar surface area (TPSA) is 59.4 Å². The second kappa shape index (κ2) is 4.45. The summed E-state index contributed by atoms with van der Waals surface area (Å²) >= 11 is 6.08. The third-order valence-electron chi connectivity index (χ3n) is 2.77. The maximum Gasteiger partial charge on any atom is 0.135 e. The first kappa shape index (κ1) is 11.5. The summed E-state index contributed by atoms with van der Waals surface area (Å²) in [5.41, 5.74) is 7.18. The van der Waals surface area contributed by atoms with Crippen LogP contribution in [0, 0.1) is 0 Å². The van der Waals surface area contributed by atoms with Crippen molar-refractivity contribution in [2.24, 2.45) is 5.73 Å². The number of rotatable bonds is 3. The van der Waals surface area contributed by atoms with Gasteiger partial charge in [0, 0.05) is 23.1 Å². The van der Waals surface area contributed by atoms with E-state index in [1.807, 2.05) is 19.1 Å². The molecule has 4 heteroatoms. The van der Waals surface area contributed by atoms with Gasteiger partial charge in [0.1, 0.15) is 5.58 Å². The van der Waals surface area contributed by atoms with Crippen LogP contribution < -0.4 is 5.73 Å². The van der Waals surface area contributed by atoms with E-state index in [2.05, 4.69) is 0 Å². The van der Waals surface area contributed by atoms with E-state index in [4.69, 9.17) is 21.8 Å². The van der Waals surface area contributed by atoms with Crippen LogP contribution in [0.3, 0.4) is 0 Å². The summed E-state index contributed by atoms with van der Waals surface area (Å²) in [6.45, 7) is 1.93. The maximum atomic E-state index is 10.0. The molecule has 16 heavy (non-hydrogen) atoms. The first-order valence-corrected chi connectivity index (χ1v) is 5.61. The Labute approximate surface area is 98.8 Å². The van der Waals surface area contributed by atoms with Gasteiger partial charge in [0.25, 0.3) is 0 Å². The molecule has 1 heterocycles. The highest BCUT2D eigenvalue weighted by Crippen LogP contribution is 2.30. The molecule has 0 spiro atoms. The van der Waals surface area contributed by atoms with Gasteiger partial charge in [-0.05, 0) is 18.6 Å². The predicted octanol–water partition coefficient (Wildman–Crippen LogP) is 2.86. The number of furan rings is 1. The summed E-state index contributed by atoms with van der Waals surface area (Å²) in [4.78, 5) is 0. The molecule has 2 aromatic rings. The zero-order valence-electron chi connectivity index (χ0n) is 8.98. The summed E-state index contributed by atoms with van der Waals surface area (Å²) in [7, 11) is 0. The minimum Gasteiger partial charge on any atom is -0.464 e. The number of aliphatic hydroxyl groups is 1. The lowest BCUT2D eigenvalue weighted by atomic mass is 10.00. The lowest BCUT2D eigenvalue weighted by Gasteiger charge is -2.18. The molecule has 0 aliphatic carbocycles. The van der Waals surface area contributed by atoms with Crippen molar-refractivity contribution in [3.63, 3.8) is 0 Å². The molecule has 0 aliphatic rings. The molecule has 1 aromatic carbocycles. The van der Waals surface area contributed by atoms with Gasteiger partial charge in [-0.25, -0.2) is 0 Å². The summed E-state index contributed by atoms with van der Waals surface area (Å²) in [5, 5.41) is 11.4. The minimum absolute atomic E-state index is 0.304. The average Bonchev–Trinajstić information content (AvgIpc) is 2.72. The van der Waals surface area contributed by atoms with Crippen molar-refractivity contribution in [1.29, 1.82) is 0 Å². The number of hydrogen-bond donors (Lipinski definition) is 2. The molecule has 3 nitrogen and oxygen atoms in total. The zero-order valence-corrected chi connectivity index (χ0v) is 9.74. The summed E-state index contributed by atoms with van der Waals surface area (Å²) in [6.07, 6.45) is 1.55. The fraction of sp³-hybridized carbons (Fsp3) is 0.333. The molecule has 1 aromatic heterocycles. The van der Waals surface area contributed by atoms with Crippen molar-refractivity contribution in [2.75, 3.05) is 0 Å². The molecule has 86 valence electrons. The average molecular weight is 240 g/mol. The van der Waals surface area contributed by atoms with Crippen LogP contribution in [0.1, 0.15) is 25.0 Å². The standard InChI is InChI=1S/C12H14ClNO2/c1-2-10(14)12(15)8-5-7-3-4-16-11(7)6-9(8)13/h3-6,10,12,15H,2,14H2,1H3. The van der Waals surface area contributed by atoms with E-state index in [0.717, 1.165) is 5.39 Å². The lowest BCUT2D eigenvalue weighted by Crippen LogP contribution is -2.27. The van der Waals surface area contributed by atoms with Crippen molar-refractivity contribution < 1.29 is 9.52 Å². The maximum absolute atomic E-state index is 10.0. The Kier molecular flexibility index (Phi) is 3.19. The Balaban J connectivity index is 2.46. The molecule has 0 saturated carbocycles. The first-order valence-electron chi connectivity index (χ1n) is 5.23. The number of hydrogen-bond acceptors (Lipinski definition) is 3.